The number of hydrogen-bond donors (Lipinski definition) is 8. The SMILES string of the molecule is C[C@@H](OC(=O)Nc1c(-c2ncc(NS(C)(=O)=O)cc2F)nnn1C)c1ccccc1Cl.Cc1cc(F)c([C@@H](C)OC(=O)Nc2c(-c3ccc(NS(C)(=O)=O)c(C)n3)nnn2C)cc1F.Cc1cccc([C@@H](C)OC(=O)Nc2c(-c3ccc(NS(C)(=O)=O)c(C)n3)nnn2C)c1F.Cc1cccc([C@@H](C)OC(=O)Nc2c(-c3ncc(NS(C)(=O)=O)cc3F)nnn2C)c1. The van der Waals surface area contributed by atoms with Gasteiger partial charge in [-0.2, -0.15) is 0 Å². The molecule has 12 rings (SSSR count). The number of pyridine rings is 4. The molecule has 0 radical (unpaired) electrons. The number of halogens is 6. The highest BCUT2D eigenvalue weighted by molar-refractivity contribution is 7.92. The number of amides is 4. The Labute approximate surface area is 729 Å². The Kier molecular flexibility index (Phi) is 31.1. The van der Waals surface area contributed by atoms with Crippen LogP contribution in [0.2, 0.25) is 5.02 Å². The lowest BCUT2D eigenvalue weighted by molar-refractivity contribution is 0.118. The average molecular weight is 1860 g/mol. The highest BCUT2D eigenvalue weighted by atomic mass is 35.5. The summed E-state index contributed by atoms with van der Waals surface area (Å²) in [7, 11) is -8.05. The molecule has 0 aliphatic heterocycles. The molecular formula is C77H84ClF5N24O16S4. The van der Waals surface area contributed by atoms with E-state index in [1.54, 1.807) is 97.1 Å². The van der Waals surface area contributed by atoms with E-state index in [1.807, 2.05) is 31.2 Å². The maximum Gasteiger partial charge on any atom is 0.413 e. The highest BCUT2D eigenvalue weighted by Gasteiger charge is 2.29. The van der Waals surface area contributed by atoms with E-state index in [4.69, 9.17) is 30.5 Å². The largest absolute Gasteiger partial charge is 0.441 e. The van der Waals surface area contributed by atoms with E-state index in [0.29, 0.717) is 50.3 Å². The Hall–Kier alpha value is -13.9. The van der Waals surface area contributed by atoms with Crippen LogP contribution in [-0.4, -0.2) is 163 Å². The van der Waals surface area contributed by atoms with E-state index in [2.05, 4.69) is 101 Å². The second kappa shape index (κ2) is 40.8. The second-order valence-electron chi connectivity index (χ2n) is 28.1. The molecule has 8 N–H and O–H groups in total. The molecule has 0 aliphatic rings. The lowest BCUT2D eigenvalue weighted by Gasteiger charge is -2.16. The van der Waals surface area contributed by atoms with E-state index in [0.717, 1.165) is 72.8 Å². The average Bonchev–Trinajstić information content (AvgIpc) is 1.73. The molecule has 4 aromatic carbocycles. The van der Waals surface area contributed by atoms with Crippen molar-refractivity contribution < 1.29 is 93.7 Å². The smallest absolute Gasteiger partial charge is 0.413 e. The summed E-state index contributed by atoms with van der Waals surface area (Å²) in [4.78, 5) is 66.3. The molecule has 0 fully saturated rings. The van der Waals surface area contributed by atoms with Gasteiger partial charge in [-0.1, -0.05) is 98.7 Å². The number of anilines is 8. The summed E-state index contributed by atoms with van der Waals surface area (Å²) < 4.78 is 198. The zero-order valence-electron chi connectivity index (χ0n) is 70.5. The van der Waals surface area contributed by atoms with Crippen LogP contribution in [0, 0.1) is 63.7 Å². The number of carbonyl (C=O) groups excluding carboxylic acids is 4. The second-order valence-corrected chi connectivity index (χ2v) is 35.5. The number of sulfonamides is 4. The van der Waals surface area contributed by atoms with Crippen LogP contribution >= 0.6 is 11.6 Å². The van der Waals surface area contributed by atoms with E-state index in [9.17, 15) is 74.8 Å². The Balaban J connectivity index is 0.000000191. The summed E-state index contributed by atoms with van der Waals surface area (Å²) in [5.74, 6) is -3.01. The van der Waals surface area contributed by atoms with Crippen LogP contribution < -0.4 is 40.2 Å². The normalized spacial score (nSPS) is 12.3. The van der Waals surface area contributed by atoms with Crippen molar-refractivity contribution in [1.82, 2.24) is 79.9 Å². The molecule has 0 bridgehead atoms. The number of nitrogens with zero attached hydrogens (tertiary/aromatic N) is 16. The molecule has 0 spiro atoms. The van der Waals surface area contributed by atoms with E-state index >= 15 is 0 Å². The van der Waals surface area contributed by atoms with Crippen molar-refractivity contribution in [3.63, 3.8) is 0 Å². The Bertz CT molecular complexity index is 6630. The zero-order valence-corrected chi connectivity index (χ0v) is 74.5. The molecule has 12 aromatic rings. The van der Waals surface area contributed by atoms with Crippen molar-refractivity contribution in [3.05, 3.63) is 212 Å². The van der Waals surface area contributed by atoms with E-state index < -0.39 is 118 Å². The summed E-state index contributed by atoms with van der Waals surface area (Å²) in [5.41, 5.74) is 5.09. The molecule has 8 heterocycles. The first kappa shape index (κ1) is 96.9. The monoisotopic (exact) mass is 1860 g/mol. The molecule has 4 atom stereocenters. The molecule has 0 aliphatic carbocycles. The molecule has 4 amide bonds. The number of nitrogens with one attached hydrogen (secondary N) is 8. The molecule has 0 unspecified atom stereocenters. The number of benzene rings is 4. The molecule has 8 aromatic heterocycles. The quantitative estimate of drug-likeness (QED) is 0.0206. The molecular weight excluding hydrogens is 1780 g/mol. The van der Waals surface area contributed by atoms with Crippen molar-refractivity contribution in [1.29, 1.82) is 0 Å². The molecule has 50 heteroatoms. The fourth-order valence-corrected chi connectivity index (χ4v) is 14.1. The van der Waals surface area contributed by atoms with Crippen LogP contribution in [0.3, 0.4) is 0 Å². The van der Waals surface area contributed by atoms with Crippen LogP contribution in [-0.2, 0) is 87.2 Å². The predicted octanol–water partition coefficient (Wildman–Crippen LogP) is 13.1. The van der Waals surface area contributed by atoms with Gasteiger partial charge in [0.25, 0.3) is 0 Å². The predicted molar refractivity (Wildman–Crippen MR) is 459 cm³/mol. The van der Waals surface area contributed by atoms with Gasteiger partial charge in [0.2, 0.25) is 40.1 Å². The van der Waals surface area contributed by atoms with Crippen molar-refractivity contribution in [3.8, 4) is 45.6 Å². The van der Waals surface area contributed by atoms with Crippen LogP contribution in [0.1, 0.15) is 102 Å². The number of ether oxygens (including phenoxy) is 4. The van der Waals surface area contributed by atoms with Gasteiger partial charge in [0, 0.05) is 62.0 Å². The van der Waals surface area contributed by atoms with Crippen molar-refractivity contribution in [2.45, 2.75) is 86.7 Å². The van der Waals surface area contributed by atoms with Crippen LogP contribution in [0.15, 0.2) is 128 Å². The van der Waals surface area contributed by atoms with Gasteiger partial charge in [-0.05, 0) is 121 Å². The maximum atomic E-state index is 14.6. The lowest BCUT2D eigenvalue weighted by atomic mass is 10.1. The number of aromatic nitrogens is 16. The molecule has 40 nitrogen and oxygen atoms in total. The lowest BCUT2D eigenvalue weighted by Crippen LogP contribution is -2.19. The van der Waals surface area contributed by atoms with Gasteiger partial charge in [0.1, 0.15) is 53.3 Å². The minimum atomic E-state index is -3.60. The molecule has 127 heavy (non-hydrogen) atoms. The van der Waals surface area contributed by atoms with Gasteiger partial charge in [-0.3, -0.25) is 40.2 Å². The van der Waals surface area contributed by atoms with Crippen molar-refractivity contribution >= 4 is 122 Å². The summed E-state index contributed by atoms with van der Waals surface area (Å²) in [6, 6.07) is 29.3. The summed E-state index contributed by atoms with van der Waals surface area (Å²) >= 11 is 6.12. The van der Waals surface area contributed by atoms with Gasteiger partial charge in [0.15, 0.2) is 57.7 Å². The van der Waals surface area contributed by atoms with Crippen molar-refractivity contribution in [2.24, 2.45) is 28.2 Å². The van der Waals surface area contributed by atoms with Gasteiger partial charge < -0.3 is 18.9 Å². The summed E-state index contributed by atoms with van der Waals surface area (Å²) in [6.45, 7) is 14.6. The van der Waals surface area contributed by atoms with Gasteiger partial charge in [-0.15, -0.1) is 20.4 Å². The first-order valence-electron chi connectivity index (χ1n) is 37.1. The third-order valence-electron chi connectivity index (χ3n) is 17.5. The number of rotatable bonds is 24. The van der Waals surface area contributed by atoms with Crippen LogP contribution in [0.5, 0.6) is 0 Å². The van der Waals surface area contributed by atoms with Crippen molar-refractivity contribution in [2.75, 3.05) is 65.2 Å². The first-order chi connectivity index (χ1) is 59.4. The fraction of sp³-hybridized carbons (Fsp3) is 0.273. The molecule has 674 valence electrons. The maximum absolute atomic E-state index is 14.6. The fourth-order valence-electron chi connectivity index (χ4n) is 11.5. The Morgan fingerprint density at radius 2 is 0.756 bits per heavy atom. The molecule has 0 saturated carbocycles. The van der Waals surface area contributed by atoms with E-state index in [-0.39, 0.29) is 85.5 Å². The zero-order chi connectivity index (χ0) is 93.6. The minimum absolute atomic E-state index is 0.0339. The summed E-state index contributed by atoms with van der Waals surface area (Å²) in [6.07, 6.45) is -0.292. The number of hydrogen-bond acceptors (Lipinski definition) is 28. The Morgan fingerprint density at radius 1 is 0.386 bits per heavy atom. The minimum Gasteiger partial charge on any atom is -0.441 e. The van der Waals surface area contributed by atoms with Crippen LogP contribution in [0.25, 0.3) is 45.6 Å². The van der Waals surface area contributed by atoms with Gasteiger partial charge >= 0.3 is 24.4 Å². The third-order valence-corrected chi connectivity index (χ3v) is 20.3. The number of carbonyl (C=O) groups is 4. The topological polar surface area (TPSA) is 512 Å². The molecule has 0 saturated heterocycles. The number of aryl methyl sites for hydroxylation is 9. The summed E-state index contributed by atoms with van der Waals surface area (Å²) in [5, 5.41) is 41.5. The van der Waals surface area contributed by atoms with E-state index in [1.165, 1.54) is 71.9 Å². The first-order valence-corrected chi connectivity index (χ1v) is 45.0. The third kappa shape index (κ3) is 26.8. The highest BCUT2D eigenvalue weighted by Crippen LogP contribution is 2.35. The Morgan fingerprint density at radius 3 is 1.15 bits per heavy atom. The standard InChI is InChI=1S/C20H22F2N6O4S.C20H23FN6O4S.C19H21FN6O4S.C18H18ClFN6O4S/c1-10-8-15(22)13(9-14(10)21)12(3)32-20(29)24-19-18(25-27-28(19)4)17-7-6-16(11(2)23-17)26-33(5,30)31;1-11-7-6-8-14(17(11)21)13(3)31-20(28)23-19-18(24-26-27(19)4)16-10-9-15(12(2)22-16)25-32(5,29)30;1-11-6-5-7-13(8-11)12(2)30-19(27)22-18-17(23-25-26(18)3)16-15(20)9-14(10-21-16)24-31(4,28)29;1-10(12-6-4-5-7-13(12)19)30-18(27)22-17-16(23-25-26(17)2)15-14(20)8-11(9-21-15)24-31(3,28)29/h6-9,12,26H,1-5H3,(H,24,29);6-10,13,25H,1-5H3,(H,23,28);5-10,12,24H,1-4H3,(H,22,27);4-10,24H,1-3H3,(H,22,27)/t12-;13-;12-;10-/m1111/s1. The van der Waals surface area contributed by atoms with Crippen LogP contribution in [0.4, 0.5) is 87.2 Å². The van der Waals surface area contributed by atoms with Gasteiger partial charge in [0.05, 0.1) is 82.9 Å². The van der Waals surface area contributed by atoms with Gasteiger partial charge in [-0.25, -0.2) is 113 Å².